The Kier molecular flexibility index (Phi) is 9.97. The summed E-state index contributed by atoms with van der Waals surface area (Å²) in [5.41, 5.74) is 5.45. The monoisotopic (exact) mass is 379 g/mol. The Bertz CT molecular complexity index is 714. The Hall–Kier alpha value is -0.656. The van der Waals surface area contributed by atoms with E-state index in [-0.39, 0.29) is 46.5 Å². The van der Waals surface area contributed by atoms with Crippen molar-refractivity contribution in [3.63, 3.8) is 0 Å². The molecule has 0 heterocycles. The second kappa shape index (κ2) is 10.3. The van der Waals surface area contributed by atoms with E-state index < -0.39 is 0 Å². The molecule has 0 aromatic heterocycles. The molecule has 3 aromatic rings. The Morgan fingerprint density at radius 1 is 0.957 bits per heavy atom. The van der Waals surface area contributed by atoms with Crippen molar-refractivity contribution in [3.05, 3.63) is 65.7 Å². The smallest absolute Gasteiger partial charge is 1.00 e. The van der Waals surface area contributed by atoms with E-state index in [9.17, 15) is 0 Å². The van der Waals surface area contributed by atoms with Gasteiger partial charge in [-0.15, -0.1) is 34.5 Å². The van der Waals surface area contributed by atoms with Crippen molar-refractivity contribution < 1.29 is 46.5 Å². The van der Waals surface area contributed by atoms with Gasteiger partial charge in [-0.3, -0.25) is 0 Å². The number of aryl methyl sites for hydroxylation is 2. The molecular formula is C20H21Cl2Ti. The van der Waals surface area contributed by atoms with Gasteiger partial charge in [0.25, 0.3) is 0 Å². The van der Waals surface area contributed by atoms with Crippen LogP contribution in [-0.2, 0) is 28.1 Å². The summed E-state index contributed by atoms with van der Waals surface area (Å²) < 4.78 is 0. The average molecular weight is 380 g/mol. The summed E-state index contributed by atoms with van der Waals surface area (Å²) in [6, 6.07) is 20.2. The van der Waals surface area contributed by atoms with Gasteiger partial charge in [-0.2, -0.15) is 6.07 Å². The quantitative estimate of drug-likeness (QED) is 0.438. The van der Waals surface area contributed by atoms with Crippen LogP contribution in [0.2, 0.25) is 0 Å². The summed E-state index contributed by atoms with van der Waals surface area (Å²) in [7, 11) is 0. The van der Waals surface area contributed by atoms with Crippen molar-refractivity contribution in [3.8, 4) is 11.1 Å². The number of unbranched alkanes of at least 4 members (excludes halogenated alkanes) is 1. The van der Waals surface area contributed by atoms with Gasteiger partial charge in [0.05, 0.1) is 0 Å². The molecule has 0 spiro atoms. The number of hydrogen-bond donors (Lipinski definition) is 0. The summed E-state index contributed by atoms with van der Waals surface area (Å²) >= 11 is 0. The van der Waals surface area contributed by atoms with Crippen molar-refractivity contribution >= 4 is 10.8 Å². The molecule has 3 aromatic carbocycles. The predicted octanol–water partition coefficient (Wildman–Crippen LogP) is -0.118. The summed E-state index contributed by atoms with van der Waals surface area (Å²) in [6.45, 7) is 4.41. The van der Waals surface area contributed by atoms with Crippen LogP contribution in [0.25, 0.3) is 21.9 Å². The first kappa shape index (κ1) is 22.3. The third-order valence-electron chi connectivity index (χ3n) is 3.98. The number of hydrogen-bond acceptors (Lipinski definition) is 0. The van der Waals surface area contributed by atoms with E-state index in [4.69, 9.17) is 0 Å². The molecule has 0 atom stereocenters. The summed E-state index contributed by atoms with van der Waals surface area (Å²) in [5, 5.41) is 2.71. The van der Waals surface area contributed by atoms with Crippen LogP contribution in [-0.4, -0.2) is 0 Å². The molecule has 0 unspecified atom stereocenters. The molecule has 119 valence electrons. The van der Waals surface area contributed by atoms with Gasteiger partial charge in [0.1, 0.15) is 0 Å². The van der Waals surface area contributed by atoms with Gasteiger partial charge in [0.15, 0.2) is 0 Å². The second-order valence-electron chi connectivity index (χ2n) is 5.64. The van der Waals surface area contributed by atoms with Gasteiger partial charge >= 0.3 is 21.7 Å². The van der Waals surface area contributed by atoms with E-state index in [1.807, 2.05) is 0 Å². The third kappa shape index (κ3) is 5.16. The maximum atomic E-state index is 2.29. The van der Waals surface area contributed by atoms with Crippen LogP contribution in [0, 0.1) is 6.92 Å². The molecule has 0 N–H and O–H groups in total. The maximum Gasteiger partial charge on any atom is 3.00 e. The molecular weight excluding hydrogens is 359 g/mol. The largest absolute Gasteiger partial charge is 3.00 e. The maximum absolute atomic E-state index is 2.29. The fourth-order valence-corrected chi connectivity index (χ4v) is 2.87. The van der Waals surface area contributed by atoms with Crippen LogP contribution < -0.4 is 24.8 Å². The fourth-order valence-electron chi connectivity index (χ4n) is 2.87. The third-order valence-corrected chi connectivity index (χ3v) is 3.98. The minimum absolute atomic E-state index is 0. The molecule has 0 aliphatic rings. The average Bonchev–Trinajstić information content (AvgIpc) is 2.85. The first-order valence-electron chi connectivity index (χ1n) is 7.53. The van der Waals surface area contributed by atoms with Gasteiger partial charge in [0.2, 0.25) is 0 Å². The molecule has 3 rings (SSSR count). The topological polar surface area (TPSA) is 0 Å². The van der Waals surface area contributed by atoms with Gasteiger partial charge in [0, 0.05) is 0 Å². The zero-order chi connectivity index (χ0) is 13.9. The van der Waals surface area contributed by atoms with E-state index >= 15 is 0 Å². The first-order valence-corrected chi connectivity index (χ1v) is 7.53. The van der Waals surface area contributed by atoms with Gasteiger partial charge in [-0.1, -0.05) is 56.2 Å². The molecule has 0 fully saturated rings. The van der Waals surface area contributed by atoms with Crippen LogP contribution in [0.15, 0.2) is 54.6 Å². The number of halogens is 2. The van der Waals surface area contributed by atoms with Crippen molar-refractivity contribution in [2.24, 2.45) is 0 Å². The second-order valence-corrected chi connectivity index (χ2v) is 5.64. The number of benzene rings is 2. The van der Waals surface area contributed by atoms with E-state index in [2.05, 4.69) is 68.4 Å². The summed E-state index contributed by atoms with van der Waals surface area (Å²) in [5.74, 6) is 0. The van der Waals surface area contributed by atoms with Gasteiger partial charge in [-0.05, 0) is 24.0 Å². The van der Waals surface area contributed by atoms with Gasteiger partial charge in [-0.25, -0.2) is 0 Å². The van der Waals surface area contributed by atoms with Crippen LogP contribution in [0.4, 0.5) is 0 Å². The summed E-state index contributed by atoms with van der Waals surface area (Å²) in [6.07, 6.45) is 3.72. The van der Waals surface area contributed by atoms with Crippen LogP contribution in [0.1, 0.15) is 30.9 Å². The number of fused-ring (bicyclic) bond motifs is 1. The van der Waals surface area contributed by atoms with Crippen LogP contribution in [0.3, 0.4) is 0 Å². The van der Waals surface area contributed by atoms with Crippen molar-refractivity contribution in [1.29, 1.82) is 0 Å². The number of rotatable bonds is 4. The molecule has 0 saturated heterocycles. The minimum Gasteiger partial charge on any atom is -1.00 e. The molecule has 0 aliphatic heterocycles. The minimum atomic E-state index is 0. The SMILES string of the molecule is CCCCc1ccc(-c2cccc3[cH-]c(C)cc23)cc1.[Cl-].[Cl-].[Ti+3]. The van der Waals surface area contributed by atoms with Crippen molar-refractivity contribution in [2.45, 2.75) is 33.1 Å². The molecule has 0 nitrogen and oxygen atoms in total. The Morgan fingerprint density at radius 2 is 1.65 bits per heavy atom. The van der Waals surface area contributed by atoms with Crippen molar-refractivity contribution in [1.82, 2.24) is 0 Å². The molecule has 3 heteroatoms. The summed E-state index contributed by atoms with van der Waals surface area (Å²) in [4.78, 5) is 0. The zero-order valence-electron chi connectivity index (χ0n) is 13.6. The van der Waals surface area contributed by atoms with E-state index in [1.54, 1.807) is 0 Å². The Balaban J connectivity index is 0.00000161. The zero-order valence-corrected chi connectivity index (χ0v) is 16.6. The first-order chi connectivity index (χ1) is 9.78. The van der Waals surface area contributed by atoms with Crippen LogP contribution in [0.5, 0.6) is 0 Å². The molecule has 0 aliphatic carbocycles. The Labute approximate surface area is 166 Å². The molecule has 23 heavy (non-hydrogen) atoms. The normalized spacial score (nSPS) is 9.65. The van der Waals surface area contributed by atoms with Gasteiger partial charge < -0.3 is 24.8 Å². The molecule has 0 saturated carbocycles. The molecule has 0 amide bonds. The van der Waals surface area contributed by atoms with Crippen LogP contribution >= 0.6 is 0 Å². The fraction of sp³-hybridized carbons (Fsp3) is 0.250. The standard InChI is InChI=1S/C20H21.2ClH.Ti/c1-3-4-6-16-9-11-17(12-10-16)19-8-5-7-18-13-15(2)14-20(18)19;;;/h5,7-14H,3-4,6H2,1-2H3;2*1H;/q-1;;;+3/p-2. The van der Waals surface area contributed by atoms with E-state index in [1.165, 1.54) is 52.3 Å². The van der Waals surface area contributed by atoms with Crippen molar-refractivity contribution in [2.75, 3.05) is 0 Å². The van der Waals surface area contributed by atoms with E-state index in [0.717, 1.165) is 0 Å². The molecule has 0 bridgehead atoms. The van der Waals surface area contributed by atoms with E-state index in [0.29, 0.717) is 0 Å². The predicted molar refractivity (Wildman–Crippen MR) is 88.3 cm³/mol. The molecule has 1 radical (unpaired) electrons. The Morgan fingerprint density at radius 3 is 2.30 bits per heavy atom.